The smallest absolute Gasteiger partial charge is 0.171 e. The van der Waals surface area contributed by atoms with Gasteiger partial charge in [0.2, 0.25) is 0 Å². The molecule has 2 fully saturated rings. The van der Waals surface area contributed by atoms with E-state index < -0.39 is 0 Å². The normalized spacial score (nSPS) is 29.4. The fraction of sp³-hybridized carbons (Fsp3) is 0.960. The van der Waals surface area contributed by atoms with Crippen molar-refractivity contribution in [2.24, 2.45) is 11.8 Å². The van der Waals surface area contributed by atoms with Crippen molar-refractivity contribution < 1.29 is 9.53 Å². The van der Waals surface area contributed by atoms with Crippen LogP contribution in [-0.4, -0.2) is 22.1 Å². The number of ether oxygens (including phenoxy) is 1. The number of Topliss-reactive ketones (excluding diaryl/α,β-unsaturated/α-hetero) is 1. The SMILES string of the molecule is CCCCCCCCCCCCCC(=O)[C@@H]1O[C@@H]2C[C@H](C)CC[C@H]2C(C)(C)S1. The number of fused-ring (bicyclic) bond motifs is 1. The summed E-state index contributed by atoms with van der Waals surface area (Å²) in [4.78, 5) is 12.8. The molecule has 0 aromatic rings. The highest BCUT2D eigenvalue weighted by molar-refractivity contribution is 8.01. The molecule has 0 amide bonds. The number of carbonyl (C=O) groups is 1. The Labute approximate surface area is 179 Å². The van der Waals surface area contributed by atoms with Gasteiger partial charge in [-0.15, -0.1) is 11.8 Å². The molecule has 1 aliphatic heterocycles. The van der Waals surface area contributed by atoms with E-state index in [9.17, 15) is 4.79 Å². The molecule has 1 saturated carbocycles. The minimum Gasteiger partial charge on any atom is -0.356 e. The van der Waals surface area contributed by atoms with Gasteiger partial charge < -0.3 is 4.74 Å². The summed E-state index contributed by atoms with van der Waals surface area (Å²) in [5.74, 6) is 1.69. The van der Waals surface area contributed by atoms with Crippen LogP contribution in [-0.2, 0) is 9.53 Å². The van der Waals surface area contributed by atoms with E-state index in [1.54, 1.807) is 11.8 Å². The molecule has 0 unspecified atom stereocenters. The van der Waals surface area contributed by atoms with E-state index in [2.05, 4.69) is 27.7 Å². The van der Waals surface area contributed by atoms with E-state index >= 15 is 0 Å². The Bertz CT molecular complexity index is 448. The summed E-state index contributed by atoms with van der Waals surface area (Å²) in [6.45, 7) is 9.26. The lowest BCUT2D eigenvalue weighted by Crippen LogP contribution is -2.50. The van der Waals surface area contributed by atoms with Gasteiger partial charge in [0, 0.05) is 11.2 Å². The summed E-state index contributed by atoms with van der Waals surface area (Å²) in [5, 5.41) is 0. The molecule has 0 spiro atoms. The van der Waals surface area contributed by atoms with Gasteiger partial charge in [-0.05, 0) is 31.1 Å². The third kappa shape index (κ3) is 8.01. The second-order valence-electron chi connectivity index (χ2n) is 10.0. The lowest BCUT2D eigenvalue weighted by molar-refractivity contribution is -0.134. The molecule has 2 aliphatic rings. The Morgan fingerprint density at radius 2 is 1.50 bits per heavy atom. The molecule has 0 N–H and O–H groups in total. The lowest BCUT2D eigenvalue weighted by Gasteiger charge is -2.49. The molecule has 4 atom stereocenters. The van der Waals surface area contributed by atoms with Gasteiger partial charge in [-0.2, -0.15) is 0 Å². The Morgan fingerprint density at radius 3 is 2.11 bits per heavy atom. The number of hydrogen-bond acceptors (Lipinski definition) is 3. The van der Waals surface area contributed by atoms with Crippen molar-refractivity contribution in [1.82, 2.24) is 0 Å². The van der Waals surface area contributed by atoms with Crippen molar-refractivity contribution in [1.29, 1.82) is 0 Å². The highest BCUT2D eigenvalue weighted by Gasteiger charge is 2.47. The van der Waals surface area contributed by atoms with E-state index in [0.717, 1.165) is 18.8 Å². The van der Waals surface area contributed by atoms with Crippen molar-refractivity contribution in [2.75, 3.05) is 0 Å². The van der Waals surface area contributed by atoms with E-state index in [1.165, 1.54) is 77.0 Å². The van der Waals surface area contributed by atoms with Crippen LogP contribution in [0.2, 0.25) is 0 Å². The van der Waals surface area contributed by atoms with E-state index in [0.29, 0.717) is 24.2 Å². The van der Waals surface area contributed by atoms with Crippen molar-refractivity contribution in [2.45, 2.75) is 140 Å². The predicted molar refractivity (Wildman–Crippen MR) is 123 cm³/mol. The van der Waals surface area contributed by atoms with Gasteiger partial charge in [-0.25, -0.2) is 0 Å². The maximum absolute atomic E-state index is 12.8. The van der Waals surface area contributed by atoms with E-state index in [-0.39, 0.29) is 10.2 Å². The number of carbonyl (C=O) groups excluding carboxylic acids is 1. The summed E-state index contributed by atoms with van der Waals surface area (Å²) >= 11 is 1.79. The summed E-state index contributed by atoms with van der Waals surface area (Å²) in [7, 11) is 0. The van der Waals surface area contributed by atoms with Crippen LogP contribution < -0.4 is 0 Å². The third-order valence-electron chi connectivity index (χ3n) is 6.95. The molecule has 0 bridgehead atoms. The average molecular weight is 411 g/mol. The summed E-state index contributed by atoms with van der Waals surface area (Å²) in [5.41, 5.74) is -0.218. The zero-order chi connectivity index (χ0) is 20.4. The number of rotatable bonds is 13. The number of thioether (sulfide) groups is 1. The van der Waals surface area contributed by atoms with Crippen molar-refractivity contribution in [3.05, 3.63) is 0 Å². The van der Waals surface area contributed by atoms with Gasteiger partial charge >= 0.3 is 0 Å². The highest BCUT2D eigenvalue weighted by atomic mass is 32.2. The van der Waals surface area contributed by atoms with Gasteiger partial charge in [0.25, 0.3) is 0 Å². The molecule has 3 heteroatoms. The number of hydrogen-bond donors (Lipinski definition) is 0. The van der Waals surface area contributed by atoms with Crippen LogP contribution in [0.25, 0.3) is 0 Å². The Hall–Kier alpha value is -0.0200. The Balaban J connectivity index is 1.56. The van der Waals surface area contributed by atoms with Crippen LogP contribution in [0.3, 0.4) is 0 Å². The molecule has 0 aromatic heterocycles. The summed E-state index contributed by atoms with van der Waals surface area (Å²) in [6.07, 6.45) is 19.3. The first-order valence-corrected chi connectivity index (χ1v) is 13.2. The highest BCUT2D eigenvalue weighted by Crippen LogP contribution is 2.50. The first-order chi connectivity index (χ1) is 13.4. The van der Waals surface area contributed by atoms with Crippen molar-refractivity contribution in [3.8, 4) is 0 Å². The monoisotopic (exact) mass is 410 g/mol. The molecule has 1 saturated heterocycles. The van der Waals surface area contributed by atoms with Crippen LogP contribution in [0, 0.1) is 11.8 Å². The second kappa shape index (κ2) is 12.6. The predicted octanol–water partition coefficient (Wildman–Crippen LogP) is 7.93. The van der Waals surface area contributed by atoms with Crippen molar-refractivity contribution in [3.63, 3.8) is 0 Å². The maximum atomic E-state index is 12.8. The zero-order valence-electron chi connectivity index (χ0n) is 19.1. The lowest BCUT2D eigenvalue weighted by atomic mass is 9.75. The minimum absolute atomic E-state index is 0.167. The van der Waals surface area contributed by atoms with Gasteiger partial charge in [0.05, 0.1) is 6.10 Å². The van der Waals surface area contributed by atoms with Gasteiger partial charge in [0.15, 0.2) is 11.2 Å². The molecule has 1 heterocycles. The van der Waals surface area contributed by atoms with Crippen molar-refractivity contribution >= 4 is 17.5 Å². The largest absolute Gasteiger partial charge is 0.356 e. The Kier molecular flexibility index (Phi) is 10.9. The fourth-order valence-electron chi connectivity index (χ4n) is 5.05. The van der Waals surface area contributed by atoms with E-state index in [4.69, 9.17) is 4.74 Å². The number of ketones is 1. The molecule has 164 valence electrons. The van der Waals surface area contributed by atoms with Gasteiger partial charge in [0.1, 0.15) is 0 Å². The maximum Gasteiger partial charge on any atom is 0.171 e. The van der Waals surface area contributed by atoms with Crippen LogP contribution >= 0.6 is 11.8 Å². The molecule has 28 heavy (non-hydrogen) atoms. The summed E-state index contributed by atoms with van der Waals surface area (Å²) in [6, 6.07) is 0. The second-order valence-corrected chi connectivity index (χ2v) is 11.7. The zero-order valence-corrected chi connectivity index (χ0v) is 20.0. The first-order valence-electron chi connectivity index (χ1n) is 12.3. The van der Waals surface area contributed by atoms with Crippen LogP contribution in [0.5, 0.6) is 0 Å². The van der Waals surface area contributed by atoms with Gasteiger partial charge in [-0.1, -0.05) is 98.3 Å². The quantitative estimate of drug-likeness (QED) is 0.288. The fourth-order valence-corrected chi connectivity index (χ4v) is 6.49. The van der Waals surface area contributed by atoms with Gasteiger partial charge in [-0.3, -0.25) is 4.79 Å². The molecule has 0 aromatic carbocycles. The van der Waals surface area contributed by atoms with Crippen LogP contribution in [0.15, 0.2) is 0 Å². The standard InChI is InChI=1S/C25H46O2S/c1-5-6-7-8-9-10-11-12-13-14-15-16-22(26)24-27-23-19-20(2)17-18-21(23)25(3,4)28-24/h20-21,23-24H,5-19H2,1-4H3/t20-,21-,23-,24-/m1/s1. The molecule has 1 aliphatic carbocycles. The minimum atomic E-state index is -0.218. The third-order valence-corrected chi connectivity index (χ3v) is 8.44. The molecule has 2 nitrogen and oxygen atoms in total. The average Bonchev–Trinajstić information content (AvgIpc) is 2.64. The topological polar surface area (TPSA) is 26.3 Å². The van der Waals surface area contributed by atoms with E-state index in [1.807, 2.05) is 0 Å². The molecular formula is C25H46O2S. The van der Waals surface area contributed by atoms with Crippen LogP contribution in [0.4, 0.5) is 0 Å². The first kappa shape index (κ1) is 24.3. The summed E-state index contributed by atoms with van der Waals surface area (Å²) < 4.78 is 6.49. The number of unbranched alkanes of at least 4 members (excludes halogenated alkanes) is 10. The molecular weight excluding hydrogens is 364 g/mol. The van der Waals surface area contributed by atoms with Crippen LogP contribution in [0.1, 0.15) is 124 Å². The molecule has 2 rings (SSSR count). The molecule has 0 radical (unpaired) electrons. The Morgan fingerprint density at radius 1 is 0.929 bits per heavy atom.